The maximum absolute atomic E-state index is 13.3. The molecule has 1 aliphatic heterocycles. The number of alkyl halides is 3. The first kappa shape index (κ1) is 28.0. The summed E-state index contributed by atoms with van der Waals surface area (Å²) < 4.78 is 46.1. The molecule has 2 aromatic rings. The number of nitrogens with zero attached hydrogens (tertiary/aromatic N) is 4. The summed E-state index contributed by atoms with van der Waals surface area (Å²) in [4.78, 5) is 31.2. The molecule has 2 heterocycles. The standard InChI is InChI=1S/C28H34F3N5O4/c29-28(30,31)24-17-21(6-9-25(24)36(38)39)33-20-4-7-22(8-5-20)40-23-10-11-32-26(18-23)34-12-14-35(15-13-34)27(37)16-19-2-1-3-19/h6,9-11,17-20,22,33H,1-5,7-8,12-16H2. The Bertz CT molecular complexity index is 1210. The monoisotopic (exact) mass is 561 g/mol. The molecule has 3 fully saturated rings. The van der Waals surface area contributed by atoms with Crippen molar-refractivity contribution in [2.75, 3.05) is 36.4 Å². The Morgan fingerprint density at radius 2 is 1.77 bits per heavy atom. The van der Waals surface area contributed by atoms with Crippen LogP contribution in [0.25, 0.3) is 0 Å². The topological polar surface area (TPSA) is 101 Å². The van der Waals surface area contributed by atoms with E-state index in [9.17, 15) is 28.1 Å². The van der Waals surface area contributed by atoms with Gasteiger partial charge in [0.05, 0.1) is 11.0 Å². The molecule has 0 spiro atoms. The molecule has 12 heteroatoms. The van der Waals surface area contributed by atoms with Gasteiger partial charge in [0, 0.05) is 62.7 Å². The van der Waals surface area contributed by atoms with Crippen LogP contribution in [0.3, 0.4) is 0 Å². The first-order valence-electron chi connectivity index (χ1n) is 13.9. The van der Waals surface area contributed by atoms with Crippen molar-refractivity contribution >= 4 is 23.1 Å². The van der Waals surface area contributed by atoms with Crippen LogP contribution in [0.15, 0.2) is 36.5 Å². The molecule has 2 saturated carbocycles. The highest BCUT2D eigenvalue weighted by molar-refractivity contribution is 5.77. The minimum Gasteiger partial charge on any atom is -0.490 e. The van der Waals surface area contributed by atoms with E-state index in [0.29, 0.717) is 38.3 Å². The number of aromatic nitrogens is 1. The number of amides is 1. The Morgan fingerprint density at radius 3 is 2.40 bits per heavy atom. The van der Waals surface area contributed by atoms with Gasteiger partial charge in [-0.1, -0.05) is 6.42 Å². The van der Waals surface area contributed by atoms with Gasteiger partial charge < -0.3 is 19.9 Å². The van der Waals surface area contributed by atoms with Gasteiger partial charge in [0.15, 0.2) is 0 Å². The summed E-state index contributed by atoms with van der Waals surface area (Å²) >= 11 is 0. The zero-order valence-electron chi connectivity index (χ0n) is 22.2. The Kier molecular flexibility index (Phi) is 8.32. The van der Waals surface area contributed by atoms with Crippen LogP contribution in [0.2, 0.25) is 0 Å². The summed E-state index contributed by atoms with van der Waals surface area (Å²) in [6.07, 6.45) is 3.95. The number of nitro groups is 1. The molecule has 216 valence electrons. The summed E-state index contributed by atoms with van der Waals surface area (Å²) in [5.74, 6) is 2.36. The fourth-order valence-corrected chi connectivity index (χ4v) is 5.67. The highest BCUT2D eigenvalue weighted by Crippen LogP contribution is 2.38. The lowest BCUT2D eigenvalue weighted by molar-refractivity contribution is -0.388. The molecule has 9 nitrogen and oxygen atoms in total. The maximum Gasteiger partial charge on any atom is 0.423 e. The number of pyridine rings is 1. The number of piperazine rings is 1. The second-order valence-electron chi connectivity index (χ2n) is 10.9. The van der Waals surface area contributed by atoms with E-state index in [1.165, 1.54) is 25.3 Å². The zero-order chi connectivity index (χ0) is 28.3. The number of carbonyl (C=O) groups excluding carboxylic acids is 1. The van der Waals surface area contributed by atoms with Gasteiger partial charge in [-0.2, -0.15) is 13.2 Å². The molecule has 1 aromatic heterocycles. The molecule has 1 N–H and O–H groups in total. The Hall–Kier alpha value is -3.57. The Morgan fingerprint density at radius 1 is 1.05 bits per heavy atom. The van der Waals surface area contributed by atoms with E-state index in [-0.39, 0.29) is 23.7 Å². The number of halogens is 3. The van der Waals surface area contributed by atoms with E-state index in [1.54, 1.807) is 6.20 Å². The van der Waals surface area contributed by atoms with Crippen molar-refractivity contribution in [3.63, 3.8) is 0 Å². The minimum absolute atomic E-state index is 0.0307. The molecule has 0 atom stereocenters. The van der Waals surface area contributed by atoms with Gasteiger partial charge in [-0.15, -0.1) is 0 Å². The van der Waals surface area contributed by atoms with Crippen molar-refractivity contribution in [1.29, 1.82) is 0 Å². The molecule has 1 amide bonds. The molecular formula is C28H34F3N5O4. The fourth-order valence-electron chi connectivity index (χ4n) is 5.67. The molecular weight excluding hydrogens is 527 g/mol. The first-order valence-corrected chi connectivity index (χ1v) is 13.9. The number of hydrogen-bond acceptors (Lipinski definition) is 7. The molecule has 0 bridgehead atoms. The molecule has 0 unspecified atom stereocenters. The van der Waals surface area contributed by atoms with Crippen LogP contribution in [-0.2, 0) is 11.0 Å². The van der Waals surface area contributed by atoms with Crippen LogP contribution in [0.4, 0.5) is 30.4 Å². The number of nitro benzene ring substituents is 1. The van der Waals surface area contributed by atoms with Crippen LogP contribution in [0.1, 0.15) is 56.9 Å². The number of hydrogen-bond donors (Lipinski definition) is 1. The predicted octanol–water partition coefficient (Wildman–Crippen LogP) is 5.65. The van der Waals surface area contributed by atoms with Gasteiger partial charge in [-0.05, 0) is 62.6 Å². The van der Waals surface area contributed by atoms with Gasteiger partial charge in [0.25, 0.3) is 5.69 Å². The molecule has 2 aliphatic carbocycles. The van der Waals surface area contributed by atoms with Crippen molar-refractivity contribution < 1.29 is 27.6 Å². The summed E-state index contributed by atoms with van der Waals surface area (Å²) in [6.45, 7) is 2.83. The summed E-state index contributed by atoms with van der Waals surface area (Å²) in [5, 5.41) is 14.1. The SMILES string of the molecule is O=C(CC1CCC1)N1CCN(c2cc(OC3CCC(Nc4ccc([N+](=O)[O-])c(C(F)(F)F)c4)CC3)ccn2)CC1. The normalized spacial score (nSPS) is 22.0. The van der Waals surface area contributed by atoms with E-state index in [4.69, 9.17) is 4.74 Å². The maximum atomic E-state index is 13.3. The third-order valence-electron chi connectivity index (χ3n) is 8.21. The minimum atomic E-state index is -4.81. The highest BCUT2D eigenvalue weighted by atomic mass is 19.4. The van der Waals surface area contributed by atoms with Crippen LogP contribution in [0.5, 0.6) is 5.75 Å². The second-order valence-corrected chi connectivity index (χ2v) is 10.9. The average Bonchev–Trinajstić information content (AvgIpc) is 2.91. The van der Waals surface area contributed by atoms with Crippen LogP contribution < -0.4 is 15.0 Å². The lowest BCUT2D eigenvalue weighted by Crippen LogP contribution is -2.49. The molecule has 3 aliphatic rings. The number of anilines is 2. The van der Waals surface area contributed by atoms with E-state index < -0.39 is 22.4 Å². The van der Waals surface area contributed by atoms with Crippen LogP contribution in [-0.4, -0.2) is 59.0 Å². The van der Waals surface area contributed by atoms with E-state index >= 15 is 0 Å². The van der Waals surface area contributed by atoms with Crippen molar-refractivity contribution in [3.05, 3.63) is 52.2 Å². The third kappa shape index (κ3) is 6.76. The average molecular weight is 562 g/mol. The van der Waals surface area contributed by atoms with Gasteiger partial charge >= 0.3 is 6.18 Å². The molecule has 1 aromatic carbocycles. The number of benzene rings is 1. The Labute approximate surface area is 230 Å². The van der Waals surface area contributed by atoms with Crippen LogP contribution >= 0.6 is 0 Å². The fraction of sp³-hybridized carbons (Fsp3) is 0.571. The largest absolute Gasteiger partial charge is 0.490 e. The molecule has 5 rings (SSSR count). The Balaban J connectivity index is 1.10. The van der Waals surface area contributed by atoms with Crippen molar-refractivity contribution in [3.8, 4) is 5.75 Å². The van der Waals surface area contributed by atoms with Gasteiger partial charge in [0.2, 0.25) is 5.91 Å². The predicted molar refractivity (Wildman–Crippen MR) is 143 cm³/mol. The van der Waals surface area contributed by atoms with Crippen molar-refractivity contribution in [2.45, 2.75) is 69.7 Å². The lowest BCUT2D eigenvalue weighted by Gasteiger charge is -2.37. The van der Waals surface area contributed by atoms with Gasteiger partial charge in [0.1, 0.15) is 17.1 Å². The lowest BCUT2D eigenvalue weighted by atomic mass is 9.82. The number of ether oxygens (including phenoxy) is 1. The smallest absolute Gasteiger partial charge is 0.423 e. The third-order valence-corrected chi connectivity index (χ3v) is 8.21. The zero-order valence-corrected chi connectivity index (χ0v) is 22.2. The number of rotatable bonds is 8. The number of nitrogens with one attached hydrogen (secondary N) is 1. The quantitative estimate of drug-likeness (QED) is 0.328. The molecule has 1 saturated heterocycles. The summed E-state index contributed by atoms with van der Waals surface area (Å²) in [7, 11) is 0. The van der Waals surface area contributed by atoms with E-state index in [1.807, 2.05) is 17.0 Å². The van der Waals surface area contributed by atoms with Gasteiger partial charge in [-0.3, -0.25) is 14.9 Å². The summed E-state index contributed by atoms with van der Waals surface area (Å²) in [6, 6.07) is 6.71. The van der Waals surface area contributed by atoms with Crippen molar-refractivity contribution in [1.82, 2.24) is 9.88 Å². The highest BCUT2D eigenvalue weighted by Gasteiger charge is 2.38. The van der Waals surface area contributed by atoms with Gasteiger partial charge in [-0.25, -0.2) is 4.98 Å². The van der Waals surface area contributed by atoms with Crippen LogP contribution in [0, 0.1) is 16.0 Å². The van der Waals surface area contributed by atoms with E-state index in [0.717, 1.165) is 49.6 Å². The van der Waals surface area contributed by atoms with E-state index in [2.05, 4.69) is 15.2 Å². The summed E-state index contributed by atoms with van der Waals surface area (Å²) in [5.41, 5.74) is -1.99. The molecule has 0 radical (unpaired) electrons. The molecule has 40 heavy (non-hydrogen) atoms. The second kappa shape index (κ2) is 11.9. The van der Waals surface area contributed by atoms with Crippen molar-refractivity contribution in [2.24, 2.45) is 5.92 Å². The number of carbonyl (C=O) groups is 1. The first-order chi connectivity index (χ1) is 19.2.